The smallest absolute Gasteiger partial charge is 0.0543 e. The molecule has 0 saturated heterocycles. The highest BCUT2D eigenvalue weighted by Gasteiger charge is 2.55. The molecule has 4 aliphatic carbocycles. The Balaban J connectivity index is 1.54. The fourth-order valence-corrected chi connectivity index (χ4v) is 8.32. The molecule has 0 aliphatic heterocycles. The molecule has 0 aromatic rings. The molecule has 0 heterocycles. The van der Waals surface area contributed by atoms with Crippen LogP contribution >= 0.6 is 0 Å². The van der Waals surface area contributed by atoms with Gasteiger partial charge < -0.3 is 5.11 Å². The molecule has 7 atom stereocenters. The van der Waals surface area contributed by atoms with E-state index in [1.54, 1.807) is 0 Å². The second-order valence-electron chi connectivity index (χ2n) is 12.2. The van der Waals surface area contributed by atoms with Gasteiger partial charge in [-0.2, -0.15) is 0 Å². The van der Waals surface area contributed by atoms with Gasteiger partial charge in [-0.05, 0) is 111 Å². The SMILES string of the molecule is C=C(CC[C@@H](C)[C@H]1CCC2=C3CC[C@H]4C[C@@H](O)CC[C@]4(C)[C@H]3CC[C@@]21C)C(C)C. The molecular weight excluding hydrogens is 352 g/mol. The van der Waals surface area contributed by atoms with Crippen molar-refractivity contribution >= 4 is 0 Å². The lowest BCUT2D eigenvalue weighted by Gasteiger charge is -2.56. The van der Waals surface area contributed by atoms with Crippen molar-refractivity contribution in [2.75, 3.05) is 0 Å². The third-order valence-electron chi connectivity index (χ3n) is 10.5. The van der Waals surface area contributed by atoms with Crippen molar-refractivity contribution in [3.63, 3.8) is 0 Å². The first-order chi connectivity index (χ1) is 13.7. The average molecular weight is 399 g/mol. The summed E-state index contributed by atoms with van der Waals surface area (Å²) < 4.78 is 0. The molecule has 0 aromatic carbocycles. The van der Waals surface area contributed by atoms with Crippen molar-refractivity contribution in [2.24, 2.45) is 40.4 Å². The van der Waals surface area contributed by atoms with Crippen molar-refractivity contribution in [1.82, 2.24) is 0 Å². The highest BCUT2D eigenvalue weighted by atomic mass is 16.3. The summed E-state index contributed by atoms with van der Waals surface area (Å²) in [5.74, 6) is 3.86. The van der Waals surface area contributed by atoms with Gasteiger partial charge in [0.2, 0.25) is 0 Å². The monoisotopic (exact) mass is 398 g/mol. The number of aliphatic hydroxyl groups is 1. The molecule has 0 aromatic heterocycles. The fraction of sp³-hybridized carbons (Fsp3) is 0.857. The quantitative estimate of drug-likeness (QED) is 0.470. The Labute approximate surface area is 180 Å². The summed E-state index contributed by atoms with van der Waals surface area (Å²) >= 11 is 0. The molecule has 4 aliphatic rings. The van der Waals surface area contributed by atoms with Crippen LogP contribution in [0.2, 0.25) is 0 Å². The van der Waals surface area contributed by atoms with E-state index in [2.05, 4.69) is 41.2 Å². The van der Waals surface area contributed by atoms with E-state index >= 15 is 0 Å². The van der Waals surface area contributed by atoms with Crippen molar-refractivity contribution < 1.29 is 5.11 Å². The zero-order chi connectivity index (χ0) is 21.0. The Morgan fingerprint density at radius 3 is 2.55 bits per heavy atom. The molecule has 1 N–H and O–H groups in total. The lowest BCUT2D eigenvalue weighted by Crippen LogP contribution is -2.48. The number of aliphatic hydroxyl groups excluding tert-OH is 1. The Bertz CT molecular complexity index is 672. The van der Waals surface area contributed by atoms with E-state index in [4.69, 9.17) is 0 Å². The normalized spacial score (nSPS) is 43.0. The summed E-state index contributed by atoms with van der Waals surface area (Å²) in [6.45, 7) is 16.7. The van der Waals surface area contributed by atoms with Gasteiger partial charge in [0.1, 0.15) is 0 Å². The maximum absolute atomic E-state index is 10.3. The molecule has 0 bridgehead atoms. The molecule has 0 radical (unpaired) electrons. The topological polar surface area (TPSA) is 20.2 Å². The molecule has 3 saturated carbocycles. The van der Waals surface area contributed by atoms with E-state index in [-0.39, 0.29) is 6.10 Å². The first kappa shape index (κ1) is 21.7. The number of allylic oxidation sites excluding steroid dienone is 3. The molecule has 0 unspecified atom stereocenters. The lowest BCUT2D eigenvalue weighted by atomic mass is 9.49. The van der Waals surface area contributed by atoms with Gasteiger partial charge in [-0.1, -0.05) is 57.9 Å². The first-order valence-corrected chi connectivity index (χ1v) is 12.7. The number of rotatable bonds is 5. The Morgan fingerprint density at radius 2 is 1.83 bits per heavy atom. The van der Waals surface area contributed by atoms with Gasteiger partial charge in [-0.15, -0.1) is 0 Å². The predicted molar refractivity (Wildman–Crippen MR) is 124 cm³/mol. The molecule has 4 rings (SSSR count). The minimum Gasteiger partial charge on any atom is -0.393 e. The van der Waals surface area contributed by atoms with Crippen molar-refractivity contribution in [2.45, 2.75) is 111 Å². The van der Waals surface area contributed by atoms with Crippen molar-refractivity contribution in [3.8, 4) is 0 Å². The molecule has 0 spiro atoms. The maximum atomic E-state index is 10.3. The zero-order valence-corrected chi connectivity index (χ0v) is 19.9. The van der Waals surface area contributed by atoms with Gasteiger partial charge in [0.15, 0.2) is 0 Å². The van der Waals surface area contributed by atoms with Crippen LogP contribution in [0.15, 0.2) is 23.3 Å². The second-order valence-corrected chi connectivity index (χ2v) is 12.2. The largest absolute Gasteiger partial charge is 0.393 e. The van der Waals surface area contributed by atoms with E-state index < -0.39 is 0 Å². The zero-order valence-electron chi connectivity index (χ0n) is 19.9. The van der Waals surface area contributed by atoms with Gasteiger partial charge in [-0.3, -0.25) is 0 Å². The predicted octanol–water partition coefficient (Wildman–Crippen LogP) is 7.70. The number of hydrogen-bond acceptors (Lipinski definition) is 1. The van der Waals surface area contributed by atoms with Crippen LogP contribution in [0.5, 0.6) is 0 Å². The van der Waals surface area contributed by atoms with E-state index in [1.807, 2.05) is 11.1 Å². The van der Waals surface area contributed by atoms with Crippen LogP contribution in [-0.2, 0) is 0 Å². The van der Waals surface area contributed by atoms with E-state index in [0.717, 1.165) is 36.5 Å². The molecule has 29 heavy (non-hydrogen) atoms. The van der Waals surface area contributed by atoms with Crippen LogP contribution < -0.4 is 0 Å². The van der Waals surface area contributed by atoms with E-state index in [9.17, 15) is 5.11 Å². The maximum Gasteiger partial charge on any atom is 0.0543 e. The first-order valence-electron chi connectivity index (χ1n) is 12.7. The minimum absolute atomic E-state index is 0.0339. The summed E-state index contributed by atoms with van der Waals surface area (Å²) in [5.41, 5.74) is 6.16. The molecule has 3 fully saturated rings. The van der Waals surface area contributed by atoms with Crippen LogP contribution in [-0.4, -0.2) is 11.2 Å². The third kappa shape index (κ3) is 3.58. The molecule has 0 amide bonds. The third-order valence-corrected chi connectivity index (χ3v) is 10.5. The summed E-state index contributed by atoms with van der Waals surface area (Å²) in [5, 5.41) is 10.3. The summed E-state index contributed by atoms with van der Waals surface area (Å²) in [6, 6.07) is 0. The van der Waals surface area contributed by atoms with Gasteiger partial charge in [0.25, 0.3) is 0 Å². The van der Waals surface area contributed by atoms with Crippen LogP contribution in [0.1, 0.15) is 105 Å². The van der Waals surface area contributed by atoms with Crippen LogP contribution in [0, 0.1) is 40.4 Å². The highest BCUT2D eigenvalue weighted by molar-refractivity contribution is 5.34. The van der Waals surface area contributed by atoms with Crippen molar-refractivity contribution in [3.05, 3.63) is 23.3 Å². The number of hydrogen-bond donors (Lipinski definition) is 1. The number of fused-ring (bicyclic) bond motifs is 4. The standard InChI is InChI=1S/C28H46O/c1-18(2)19(3)7-8-20(4)24-11-12-25-23-10-9-21-17-22(29)13-15-27(21,5)26(23)14-16-28(24,25)6/h18,20-22,24,26,29H,3,7-17H2,1-2,4-6H3/t20-,21+,22+,24-,26+,27+,28-/m1/s1. The summed E-state index contributed by atoms with van der Waals surface area (Å²) in [7, 11) is 0. The van der Waals surface area contributed by atoms with Crippen LogP contribution in [0.25, 0.3) is 0 Å². The Hall–Kier alpha value is -0.560. The van der Waals surface area contributed by atoms with E-state index in [1.165, 1.54) is 63.4 Å². The summed E-state index contributed by atoms with van der Waals surface area (Å²) in [4.78, 5) is 0. The molecule has 164 valence electrons. The van der Waals surface area contributed by atoms with Gasteiger partial charge in [0.05, 0.1) is 6.10 Å². The van der Waals surface area contributed by atoms with Crippen LogP contribution in [0.4, 0.5) is 0 Å². The minimum atomic E-state index is -0.0339. The molecular formula is C28H46O. The van der Waals surface area contributed by atoms with E-state index in [0.29, 0.717) is 16.7 Å². The van der Waals surface area contributed by atoms with Crippen molar-refractivity contribution in [1.29, 1.82) is 0 Å². The lowest BCUT2D eigenvalue weighted by molar-refractivity contribution is -0.0381. The molecule has 1 heteroatoms. The highest BCUT2D eigenvalue weighted by Crippen LogP contribution is 2.65. The van der Waals surface area contributed by atoms with Crippen LogP contribution in [0.3, 0.4) is 0 Å². The van der Waals surface area contributed by atoms with Gasteiger partial charge >= 0.3 is 0 Å². The average Bonchev–Trinajstić information content (AvgIpc) is 3.03. The second kappa shape index (κ2) is 7.85. The van der Waals surface area contributed by atoms with Gasteiger partial charge in [-0.25, -0.2) is 0 Å². The van der Waals surface area contributed by atoms with Gasteiger partial charge in [0, 0.05) is 0 Å². The Kier molecular flexibility index (Phi) is 5.86. The fourth-order valence-electron chi connectivity index (χ4n) is 8.32. The summed E-state index contributed by atoms with van der Waals surface area (Å²) in [6.07, 6.45) is 14.1. The Morgan fingerprint density at radius 1 is 1.07 bits per heavy atom. The molecule has 1 nitrogen and oxygen atoms in total.